The molecule has 0 fully saturated rings. The highest BCUT2D eigenvalue weighted by Gasteiger charge is 2.37. The van der Waals surface area contributed by atoms with Gasteiger partial charge < -0.3 is 5.32 Å². The van der Waals surface area contributed by atoms with Crippen molar-refractivity contribution in [3.05, 3.63) is 22.8 Å². The first-order chi connectivity index (χ1) is 9.41. The van der Waals surface area contributed by atoms with Gasteiger partial charge in [0, 0.05) is 19.8 Å². The van der Waals surface area contributed by atoms with E-state index in [-0.39, 0.29) is 11.4 Å². The van der Waals surface area contributed by atoms with Crippen molar-refractivity contribution < 1.29 is 13.2 Å². The van der Waals surface area contributed by atoms with Gasteiger partial charge in [-0.15, -0.1) is 11.3 Å². The highest BCUT2D eigenvalue weighted by atomic mass is 32.1. The lowest BCUT2D eigenvalue weighted by Gasteiger charge is -2.06. The fourth-order valence-corrected chi connectivity index (χ4v) is 2.73. The predicted octanol–water partition coefficient (Wildman–Crippen LogP) is 3.06. The summed E-state index contributed by atoms with van der Waals surface area (Å²) < 4.78 is 40.5. The first kappa shape index (κ1) is 15.0. The number of hydrogen-bond donors (Lipinski definition) is 1. The van der Waals surface area contributed by atoms with Gasteiger partial charge in [0.05, 0.1) is 4.88 Å². The molecule has 0 aliphatic rings. The molecule has 0 saturated carbocycles. The van der Waals surface area contributed by atoms with E-state index >= 15 is 0 Å². The smallest absolute Gasteiger partial charge is 0.312 e. The van der Waals surface area contributed by atoms with Gasteiger partial charge in [0.1, 0.15) is 10.7 Å². The van der Waals surface area contributed by atoms with E-state index in [0.29, 0.717) is 17.2 Å². The molecule has 1 N–H and O–H groups in total. The van der Waals surface area contributed by atoms with Crippen LogP contribution in [0, 0.1) is 0 Å². The molecule has 2 rings (SSSR count). The van der Waals surface area contributed by atoms with Gasteiger partial charge >= 0.3 is 6.18 Å². The van der Waals surface area contributed by atoms with Gasteiger partial charge in [-0.05, 0) is 19.0 Å². The Morgan fingerprint density at radius 2 is 2.15 bits per heavy atom. The third kappa shape index (κ3) is 3.37. The summed E-state index contributed by atoms with van der Waals surface area (Å²) in [5, 5.41) is 7.37. The Balaban J connectivity index is 2.31. The van der Waals surface area contributed by atoms with Crippen molar-refractivity contribution in [2.24, 2.45) is 7.05 Å². The van der Waals surface area contributed by atoms with E-state index < -0.39 is 11.9 Å². The van der Waals surface area contributed by atoms with Crippen LogP contribution in [0.15, 0.2) is 12.3 Å². The average Bonchev–Trinajstić information content (AvgIpc) is 2.95. The van der Waals surface area contributed by atoms with Crippen molar-refractivity contribution in [3.8, 4) is 10.7 Å². The van der Waals surface area contributed by atoms with Gasteiger partial charge in [0.25, 0.3) is 0 Å². The van der Waals surface area contributed by atoms with Crippen LogP contribution >= 0.6 is 11.3 Å². The van der Waals surface area contributed by atoms with Crippen molar-refractivity contribution in [2.45, 2.75) is 26.1 Å². The van der Waals surface area contributed by atoms with Crippen molar-refractivity contribution in [1.29, 1.82) is 0 Å². The van der Waals surface area contributed by atoms with E-state index in [0.717, 1.165) is 17.8 Å². The second kappa shape index (κ2) is 5.92. The number of rotatable bonds is 5. The molecule has 0 saturated heterocycles. The second-order valence-electron chi connectivity index (χ2n) is 4.34. The van der Waals surface area contributed by atoms with Crippen molar-refractivity contribution in [3.63, 3.8) is 0 Å². The Morgan fingerprint density at radius 1 is 1.40 bits per heavy atom. The normalized spacial score (nSPS) is 12.1. The van der Waals surface area contributed by atoms with E-state index in [1.807, 2.05) is 6.92 Å². The zero-order valence-corrected chi connectivity index (χ0v) is 12.0. The molecule has 2 heterocycles. The minimum absolute atomic E-state index is 0.174. The fourth-order valence-electron chi connectivity index (χ4n) is 1.71. The summed E-state index contributed by atoms with van der Waals surface area (Å²) in [6, 6.07) is 1.65. The first-order valence-electron chi connectivity index (χ1n) is 6.19. The zero-order chi connectivity index (χ0) is 14.8. The number of nitrogens with one attached hydrogen (secondary N) is 1. The molecular formula is C12H15F3N4S. The zero-order valence-electron chi connectivity index (χ0n) is 11.2. The molecule has 0 bridgehead atoms. The number of nitrogens with zero attached hydrogens (tertiary/aromatic N) is 3. The van der Waals surface area contributed by atoms with Gasteiger partial charge in [0.2, 0.25) is 0 Å². The molecule has 8 heteroatoms. The predicted molar refractivity (Wildman–Crippen MR) is 71.3 cm³/mol. The molecule has 0 radical (unpaired) electrons. The minimum Gasteiger partial charge on any atom is -0.312 e. The van der Waals surface area contributed by atoms with E-state index in [1.165, 1.54) is 0 Å². The number of alkyl halides is 3. The van der Waals surface area contributed by atoms with E-state index in [4.69, 9.17) is 0 Å². The van der Waals surface area contributed by atoms with Crippen LogP contribution < -0.4 is 5.32 Å². The maximum atomic E-state index is 13.0. The highest BCUT2D eigenvalue weighted by molar-refractivity contribution is 7.15. The number of aromatic nitrogens is 3. The molecule has 0 spiro atoms. The maximum Gasteiger partial charge on any atom is 0.434 e. The molecule has 0 amide bonds. The third-order valence-corrected chi connectivity index (χ3v) is 3.69. The minimum atomic E-state index is -4.44. The van der Waals surface area contributed by atoms with Gasteiger partial charge in [0.15, 0.2) is 5.69 Å². The summed E-state index contributed by atoms with van der Waals surface area (Å²) in [4.78, 5) is 3.92. The van der Waals surface area contributed by atoms with Crippen molar-refractivity contribution in [1.82, 2.24) is 20.1 Å². The van der Waals surface area contributed by atoms with Crippen LogP contribution in [0.4, 0.5) is 13.2 Å². The quantitative estimate of drug-likeness (QED) is 0.863. The van der Waals surface area contributed by atoms with Crippen LogP contribution in [-0.2, 0) is 19.8 Å². The van der Waals surface area contributed by atoms with Gasteiger partial charge in [-0.25, -0.2) is 4.98 Å². The highest BCUT2D eigenvalue weighted by Crippen LogP contribution is 2.37. The summed E-state index contributed by atoms with van der Waals surface area (Å²) in [5.41, 5.74) is -0.350. The van der Waals surface area contributed by atoms with Crippen LogP contribution in [0.5, 0.6) is 0 Å². The lowest BCUT2D eigenvalue weighted by molar-refractivity contribution is -0.141. The Kier molecular flexibility index (Phi) is 4.44. The summed E-state index contributed by atoms with van der Waals surface area (Å²) in [6.07, 6.45) is -1.89. The Morgan fingerprint density at radius 3 is 2.70 bits per heavy atom. The summed E-state index contributed by atoms with van der Waals surface area (Å²) in [7, 11) is 1.71. The second-order valence-corrected chi connectivity index (χ2v) is 5.42. The Bertz CT molecular complexity index is 574. The average molecular weight is 304 g/mol. The molecule has 20 heavy (non-hydrogen) atoms. The maximum absolute atomic E-state index is 13.0. The van der Waals surface area contributed by atoms with Crippen LogP contribution in [0.2, 0.25) is 0 Å². The van der Waals surface area contributed by atoms with E-state index in [1.54, 1.807) is 24.0 Å². The molecule has 0 aliphatic heterocycles. The Hall–Kier alpha value is -1.41. The molecule has 0 unspecified atom stereocenters. The number of thiazole rings is 1. The topological polar surface area (TPSA) is 42.7 Å². The number of halogens is 3. The third-order valence-electron chi connectivity index (χ3n) is 2.61. The van der Waals surface area contributed by atoms with Crippen LogP contribution in [0.1, 0.15) is 23.9 Å². The molecule has 110 valence electrons. The summed E-state index contributed by atoms with van der Waals surface area (Å²) in [6.45, 7) is 2.81. The van der Waals surface area contributed by atoms with Crippen LogP contribution in [-0.4, -0.2) is 21.3 Å². The van der Waals surface area contributed by atoms with Crippen molar-refractivity contribution in [2.75, 3.05) is 6.54 Å². The largest absolute Gasteiger partial charge is 0.434 e. The first-order valence-corrected chi connectivity index (χ1v) is 7.01. The number of aryl methyl sites for hydroxylation is 1. The standard InChI is InChI=1S/C12H15F3N4S/c1-3-5-16-7-9-10(12(13,14)15)17-11(20-9)8-4-6-19(2)18-8/h4,6,16H,3,5,7H2,1-2H3. The lowest BCUT2D eigenvalue weighted by atomic mass is 10.3. The molecule has 0 atom stereocenters. The molecular weight excluding hydrogens is 289 g/mol. The monoisotopic (exact) mass is 304 g/mol. The van der Waals surface area contributed by atoms with Crippen molar-refractivity contribution >= 4 is 11.3 Å². The summed E-state index contributed by atoms with van der Waals surface area (Å²) >= 11 is 1.03. The van der Waals surface area contributed by atoms with Crippen LogP contribution in [0.3, 0.4) is 0 Å². The van der Waals surface area contributed by atoms with E-state index in [2.05, 4.69) is 15.4 Å². The Labute approximate surface area is 118 Å². The molecule has 0 aliphatic carbocycles. The number of hydrogen-bond acceptors (Lipinski definition) is 4. The van der Waals surface area contributed by atoms with Gasteiger partial charge in [-0.3, -0.25) is 4.68 Å². The molecule has 2 aromatic heterocycles. The fraction of sp³-hybridized carbons (Fsp3) is 0.500. The molecule has 0 aromatic carbocycles. The molecule has 2 aromatic rings. The van der Waals surface area contributed by atoms with Gasteiger partial charge in [-0.2, -0.15) is 18.3 Å². The van der Waals surface area contributed by atoms with Crippen LogP contribution in [0.25, 0.3) is 10.7 Å². The van der Waals surface area contributed by atoms with Gasteiger partial charge in [-0.1, -0.05) is 6.92 Å². The van der Waals surface area contributed by atoms with E-state index in [9.17, 15) is 13.2 Å². The summed E-state index contributed by atoms with van der Waals surface area (Å²) in [5.74, 6) is 0. The SMILES string of the molecule is CCCNCc1sc(-c2ccn(C)n2)nc1C(F)(F)F. The molecule has 4 nitrogen and oxygen atoms in total. The lowest BCUT2D eigenvalue weighted by Crippen LogP contribution is -2.17.